The van der Waals surface area contributed by atoms with Gasteiger partial charge < -0.3 is 15.4 Å². The van der Waals surface area contributed by atoms with Crippen molar-refractivity contribution < 1.29 is 9.53 Å². The van der Waals surface area contributed by atoms with E-state index in [1.165, 1.54) is 5.56 Å². The first-order valence-electron chi connectivity index (χ1n) is 7.40. The molecule has 3 atom stereocenters. The first kappa shape index (κ1) is 13.6. The molecule has 1 aromatic rings. The van der Waals surface area contributed by atoms with Crippen LogP contribution in [0.5, 0.6) is 0 Å². The van der Waals surface area contributed by atoms with E-state index in [9.17, 15) is 4.79 Å². The minimum Gasteiger partial charge on any atom is -0.381 e. The van der Waals surface area contributed by atoms with Crippen LogP contribution in [0.3, 0.4) is 0 Å². The zero-order valence-electron chi connectivity index (χ0n) is 11.7. The highest BCUT2D eigenvalue weighted by atomic mass is 16.5. The molecule has 0 aromatic heterocycles. The lowest BCUT2D eigenvalue weighted by atomic mass is 9.95. The molecule has 4 nitrogen and oxygen atoms in total. The van der Waals surface area contributed by atoms with Crippen molar-refractivity contribution in [1.82, 2.24) is 4.90 Å². The molecule has 2 fully saturated rings. The first-order chi connectivity index (χ1) is 9.74. The van der Waals surface area contributed by atoms with Gasteiger partial charge in [-0.1, -0.05) is 30.3 Å². The standard InChI is InChI=1S/C16H22N2O2/c17-15-10-18(16(19)8-12-6-7-20-11-12)9-14(15)13-4-2-1-3-5-13/h1-5,12,14-15H,6-11,17H2/t12?,14-,15+/m0/s1. The smallest absolute Gasteiger partial charge is 0.223 e. The summed E-state index contributed by atoms with van der Waals surface area (Å²) in [7, 11) is 0. The van der Waals surface area contributed by atoms with Gasteiger partial charge in [-0.05, 0) is 17.9 Å². The van der Waals surface area contributed by atoms with Gasteiger partial charge >= 0.3 is 0 Å². The Morgan fingerprint density at radius 1 is 1.30 bits per heavy atom. The number of rotatable bonds is 3. The highest BCUT2D eigenvalue weighted by Gasteiger charge is 2.34. The fourth-order valence-corrected chi connectivity index (χ4v) is 3.21. The van der Waals surface area contributed by atoms with Crippen molar-refractivity contribution in [3.63, 3.8) is 0 Å². The normalized spacial score (nSPS) is 29.9. The molecule has 0 spiro atoms. The summed E-state index contributed by atoms with van der Waals surface area (Å²) < 4.78 is 5.34. The van der Waals surface area contributed by atoms with Crippen LogP contribution in [0.25, 0.3) is 0 Å². The molecule has 2 saturated heterocycles. The van der Waals surface area contributed by atoms with Gasteiger partial charge in [0.1, 0.15) is 0 Å². The van der Waals surface area contributed by atoms with Gasteiger partial charge in [0.15, 0.2) is 0 Å². The second-order valence-corrected chi connectivity index (χ2v) is 5.91. The number of nitrogens with zero attached hydrogens (tertiary/aromatic N) is 1. The van der Waals surface area contributed by atoms with Gasteiger partial charge in [0.05, 0.1) is 0 Å². The number of carbonyl (C=O) groups is 1. The third kappa shape index (κ3) is 2.86. The number of amides is 1. The van der Waals surface area contributed by atoms with Crippen molar-refractivity contribution in [3.05, 3.63) is 35.9 Å². The Kier molecular flexibility index (Phi) is 4.03. The monoisotopic (exact) mass is 274 g/mol. The summed E-state index contributed by atoms with van der Waals surface area (Å²) in [6.07, 6.45) is 1.61. The van der Waals surface area contributed by atoms with E-state index >= 15 is 0 Å². The zero-order valence-corrected chi connectivity index (χ0v) is 11.7. The summed E-state index contributed by atoms with van der Waals surface area (Å²) in [5.74, 6) is 0.892. The van der Waals surface area contributed by atoms with Crippen LogP contribution < -0.4 is 5.73 Å². The van der Waals surface area contributed by atoms with Crippen molar-refractivity contribution in [3.8, 4) is 0 Å². The van der Waals surface area contributed by atoms with E-state index in [0.717, 1.165) is 26.2 Å². The lowest BCUT2D eigenvalue weighted by Crippen LogP contribution is -2.33. The van der Waals surface area contributed by atoms with E-state index < -0.39 is 0 Å². The van der Waals surface area contributed by atoms with Gasteiger partial charge in [0, 0.05) is 44.7 Å². The number of ether oxygens (including phenoxy) is 1. The topological polar surface area (TPSA) is 55.6 Å². The molecule has 0 bridgehead atoms. The van der Waals surface area contributed by atoms with Crippen LogP contribution in [-0.4, -0.2) is 43.2 Å². The van der Waals surface area contributed by atoms with Gasteiger partial charge in [-0.25, -0.2) is 0 Å². The summed E-state index contributed by atoms with van der Waals surface area (Å²) in [4.78, 5) is 14.3. The fourth-order valence-electron chi connectivity index (χ4n) is 3.21. The van der Waals surface area contributed by atoms with Gasteiger partial charge in [-0.3, -0.25) is 4.79 Å². The number of nitrogens with two attached hydrogens (primary N) is 1. The molecular formula is C16H22N2O2. The fraction of sp³-hybridized carbons (Fsp3) is 0.562. The second-order valence-electron chi connectivity index (χ2n) is 5.91. The van der Waals surface area contributed by atoms with Gasteiger partial charge in [0.25, 0.3) is 0 Å². The Hall–Kier alpha value is -1.39. The van der Waals surface area contributed by atoms with E-state index in [0.29, 0.717) is 18.9 Å². The minimum absolute atomic E-state index is 0.0428. The van der Waals surface area contributed by atoms with Crippen LogP contribution in [0.4, 0.5) is 0 Å². The van der Waals surface area contributed by atoms with E-state index in [4.69, 9.17) is 10.5 Å². The molecule has 1 aromatic carbocycles. The van der Waals surface area contributed by atoms with E-state index in [2.05, 4.69) is 12.1 Å². The summed E-state index contributed by atoms with van der Waals surface area (Å²) in [6, 6.07) is 10.3. The maximum atomic E-state index is 12.3. The second kappa shape index (κ2) is 5.94. The number of hydrogen-bond acceptors (Lipinski definition) is 3. The number of likely N-dealkylation sites (tertiary alicyclic amines) is 1. The number of carbonyl (C=O) groups excluding carboxylic acids is 1. The van der Waals surface area contributed by atoms with Crippen LogP contribution in [0, 0.1) is 5.92 Å². The Bertz CT molecular complexity index is 457. The van der Waals surface area contributed by atoms with E-state index in [1.807, 2.05) is 23.1 Å². The van der Waals surface area contributed by atoms with Crippen molar-refractivity contribution in [2.75, 3.05) is 26.3 Å². The summed E-state index contributed by atoms with van der Waals surface area (Å²) >= 11 is 0. The zero-order chi connectivity index (χ0) is 13.9. The van der Waals surface area contributed by atoms with Crippen LogP contribution >= 0.6 is 0 Å². The Morgan fingerprint density at radius 2 is 2.10 bits per heavy atom. The molecule has 108 valence electrons. The summed E-state index contributed by atoms with van der Waals surface area (Å²) in [5, 5.41) is 0. The molecule has 2 aliphatic heterocycles. The predicted octanol–water partition coefficient (Wildman–Crippen LogP) is 1.37. The van der Waals surface area contributed by atoms with Gasteiger partial charge in [-0.15, -0.1) is 0 Å². The number of hydrogen-bond donors (Lipinski definition) is 1. The molecule has 4 heteroatoms. The van der Waals surface area contributed by atoms with E-state index in [-0.39, 0.29) is 17.9 Å². The first-order valence-corrected chi connectivity index (χ1v) is 7.40. The summed E-state index contributed by atoms with van der Waals surface area (Å²) in [6.45, 7) is 2.95. The van der Waals surface area contributed by atoms with Crippen molar-refractivity contribution in [2.24, 2.45) is 11.7 Å². The lowest BCUT2D eigenvalue weighted by molar-refractivity contribution is -0.131. The summed E-state index contributed by atoms with van der Waals surface area (Å²) in [5.41, 5.74) is 7.46. The lowest BCUT2D eigenvalue weighted by Gasteiger charge is -2.18. The van der Waals surface area contributed by atoms with Crippen LogP contribution in [0.1, 0.15) is 24.3 Å². The average Bonchev–Trinajstić information content (AvgIpc) is 3.09. The van der Waals surface area contributed by atoms with Crippen molar-refractivity contribution in [2.45, 2.75) is 24.8 Å². The highest BCUT2D eigenvalue weighted by Crippen LogP contribution is 2.28. The van der Waals surface area contributed by atoms with Crippen LogP contribution in [-0.2, 0) is 9.53 Å². The minimum atomic E-state index is 0.0428. The van der Waals surface area contributed by atoms with Crippen molar-refractivity contribution >= 4 is 5.91 Å². The molecular weight excluding hydrogens is 252 g/mol. The SMILES string of the molecule is N[C@@H]1CN(C(=O)CC2CCOC2)C[C@H]1c1ccccc1. The third-order valence-corrected chi connectivity index (χ3v) is 4.43. The molecule has 0 aliphatic carbocycles. The third-order valence-electron chi connectivity index (χ3n) is 4.43. The largest absolute Gasteiger partial charge is 0.381 e. The molecule has 0 radical (unpaired) electrons. The van der Waals surface area contributed by atoms with Gasteiger partial charge in [0.2, 0.25) is 5.91 Å². The van der Waals surface area contributed by atoms with Crippen molar-refractivity contribution in [1.29, 1.82) is 0 Å². The Morgan fingerprint density at radius 3 is 2.80 bits per heavy atom. The molecule has 2 heterocycles. The molecule has 2 N–H and O–H groups in total. The Balaban J connectivity index is 1.61. The van der Waals surface area contributed by atoms with E-state index in [1.54, 1.807) is 0 Å². The molecule has 0 saturated carbocycles. The molecule has 1 amide bonds. The van der Waals surface area contributed by atoms with Crippen LogP contribution in [0.2, 0.25) is 0 Å². The van der Waals surface area contributed by atoms with Gasteiger partial charge in [-0.2, -0.15) is 0 Å². The maximum Gasteiger partial charge on any atom is 0.223 e. The average molecular weight is 274 g/mol. The molecule has 3 rings (SSSR count). The van der Waals surface area contributed by atoms with Crippen LogP contribution in [0.15, 0.2) is 30.3 Å². The number of benzene rings is 1. The quantitative estimate of drug-likeness (QED) is 0.905. The highest BCUT2D eigenvalue weighted by molar-refractivity contribution is 5.77. The molecule has 20 heavy (non-hydrogen) atoms. The Labute approximate surface area is 119 Å². The molecule has 1 unspecified atom stereocenters. The predicted molar refractivity (Wildman–Crippen MR) is 77.3 cm³/mol. The maximum absolute atomic E-state index is 12.3. The molecule has 2 aliphatic rings.